The fourth-order valence-corrected chi connectivity index (χ4v) is 2.36. The van der Waals surface area contributed by atoms with Crippen molar-refractivity contribution in [1.29, 1.82) is 0 Å². The number of rotatable bonds is 5. The summed E-state index contributed by atoms with van der Waals surface area (Å²) in [6.45, 7) is 2.21. The van der Waals surface area contributed by atoms with Crippen molar-refractivity contribution in [1.82, 2.24) is 0 Å². The van der Waals surface area contributed by atoms with Gasteiger partial charge < -0.3 is 10.2 Å². The lowest BCUT2D eigenvalue weighted by molar-refractivity contribution is 0.408. The van der Waals surface area contributed by atoms with Crippen molar-refractivity contribution < 1.29 is 10.2 Å². The van der Waals surface area contributed by atoms with Gasteiger partial charge in [-0.2, -0.15) is 0 Å². The monoisotopic (exact) mass is 244 g/mol. The first-order valence-electron chi connectivity index (χ1n) is 6.66. The van der Waals surface area contributed by atoms with Gasteiger partial charge in [0.15, 0.2) is 11.5 Å². The zero-order valence-corrected chi connectivity index (χ0v) is 10.8. The van der Waals surface area contributed by atoms with Crippen LogP contribution in [0.15, 0.2) is 30.3 Å². The van der Waals surface area contributed by atoms with Gasteiger partial charge >= 0.3 is 0 Å². The highest BCUT2D eigenvalue weighted by molar-refractivity contribution is 5.92. The Labute approximate surface area is 108 Å². The molecule has 0 aliphatic carbocycles. The maximum atomic E-state index is 9.84. The number of aromatic hydroxyl groups is 2. The maximum Gasteiger partial charge on any atom is 0.165 e. The zero-order chi connectivity index (χ0) is 13.0. The maximum absolute atomic E-state index is 9.84. The Hall–Kier alpha value is -1.70. The Balaban J connectivity index is 2.26. The summed E-state index contributed by atoms with van der Waals surface area (Å²) in [6, 6.07) is 9.34. The molecule has 0 aliphatic heterocycles. The molecule has 0 aliphatic rings. The van der Waals surface area contributed by atoms with Crippen LogP contribution in [0.1, 0.15) is 38.2 Å². The Morgan fingerprint density at radius 1 is 0.889 bits per heavy atom. The predicted molar refractivity (Wildman–Crippen MR) is 75.1 cm³/mol. The second kappa shape index (κ2) is 5.76. The molecule has 2 heteroatoms. The van der Waals surface area contributed by atoms with E-state index in [1.165, 1.54) is 31.2 Å². The van der Waals surface area contributed by atoms with Crippen LogP contribution in [0.3, 0.4) is 0 Å². The Morgan fingerprint density at radius 3 is 2.50 bits per heavy atom. The number of aryl methyl sites for hydroxylation is 1. The summed E-state index contributed by atoms with van der Waals surface area (Å²) < 4.78 is 0. The van der Waals surface area contributed by atoms with E-state index < -0.39 is 0 Å². The third-order valence-electron chi connectivity index (χ3n) is 3.40. The van der Waals surface area contributed by atoms with Gasteiger partial charge in [0.2, 0.25) is 0 Å². The molecule has 2 rings (SSSR count). The lowest BCUT2D eigenvalue weighted by Crippen LogP contribution is -1.88. The molecular formula is C16H20O2. The van der Waals surface area contributed by atoms with E-state index in [1.807, 2.05) is 18.2 Å². The molecule has 18 heavy (non-hydrogen) atoms. The molecule has 0 amide bonds. The van der Waals surface area contributed by atoms with Gasteiger partial charge in [0.1, 0.15) is 0 Å². The van der Waals surface area contributed by atoms with Gasteiger partial charge in [-0.05, 0) is 29.9 Å². The Morgan fingerprint density at radius 2 is 1.72 bits per heavy atom. The second-order valence-corrected chi connectivity index (χ2v) is 4.76. The molecule has 0 heterocycles. The first kappa shape index (κ1) is 12.7. The summed E-state index contributed by atoms with van der Waals surface area (Å²) in [5.74, 6) is -0.0615. The number of phenolic OH excluding ortho intramolecular Hbond substituents is 2. The first-order chi connectivity index (χ1) is 8.74. The number of benzene rings is 2. The van der Waals surface area contributed by atoms with Crippen LogP contribution in [0.5, 0.6) is 11.5 Å². The van der Waals surface area contributed by atoms with Crippen LogP contribution < -0.4 is 0 Å². The summed E-state index contributed by atoms with van der Waals surface area (Å²) in [5, 5.41) is 21.1. The predicted octanol–water partition coefficient (Wildman–Crippen LogP) is 4.37. The molecular weight excluding hydrogens is 224 g/mol. The number of fused-ring (bicyclic) bond motifs is 1. The Bertz CT molecular complexity index is 532. The van der Waals surface area contributed by atoms with Crippen molar-refractivity contribution in [2.75, 3.05) is 0 Å². The van der Waals surface area contributed by atoms with Gasteiger partial charge in [-0.3, -0.25) is 0 Å². The van der Waals surface area contributed by atoms with Gasteiger partial charge in [-0.25, -0.2) is 0 Å². The Kier molecular flexibility index (Phi) is 4.08. The van der Waals surface area contributed by atoms with E-state index in [0.717, 1.165) is 17.2 Å². The van der Waals surface area contributed by atoms with E-state index in [-0.39, 0.29) is 11.5 Å². The topological polar surface area (TPSA) is 40.5 Å². The molecule has 0 unspecified atom stereocenters. The van der Waals surface area contributed by atoms with Gasteiger partial charge in [0.05, 0.1) is 0 Å². The minimum atomic E-state index is -0.0503. The smallest absolute Gasteiger partial charge is 0.165 e. The largest absolute Gasteiger partial charge is 0.504 e. The van der Waals surface area contributed by atoms with E-state index >= 15 is 0 Å². The molecule has 2 nitrogen and oxygen atoms in total. The average molecular weight is 244 g/mol. The standard InChI is InChI=1S/C16H20O2/c1-2-3-4-5-7-12-8-6-9-14-13(12)10-11-15(17)16(14)18/h6,8-11,17-18H,2-5,7H2,1H3. The molecule has 0 spiro atoms. The van der Waals surface area contributed by atoms with Crippen molar-refractivity contribution >= 4 is 10.8 Å². The van der Waals surface area contributed by atoms with Gasteiger partial charge in [0, 0.05) is 5.39 Å². The van der Waals surface area contributed by atoms with Crippen molar-refractivity contribution in [3.05, 3.63) is 35.9 Å². The quantitative estimate of drug-likeness (QED) is 0.605. The molecule has 0 atom stereocenters. The summed E-state index contributed by atoms with van der Waals surface area (Å²) in [4.78, 5) is 0. The molecule has 0 aromatic heterocycles. The first-order valence-corrected chi connectivity index (χ1v) is 6.66. The van der Waals surface area contributed by atoms with Gasteiger partial charge in [-0.15, -0.1) is 0 Å². The third-order valence-corrected chi connectivity index (χ3v) is 3.40. The van der Waals surface area contributed by atoms with Crippen LogP contribution in [0.25, 0.3) is 10.8 Å². The van der Waals surface area contributed by atoms with E-state index in [0.29, 0.717) is 0 Å². The summed E-state index contributed by atoms with van der Waals surface area (Å²) >= 11 is 0. The van der Waals surface area contributed by atoms with Crippen LogP contribution in [0, 0.1) is 0 Å². The molecule has 0 bridgehead atoms. The van der Waals surface area contributed by atoms with E-state index in [9.17, 15) is 10.2 Å². The third kappa shape index (κ3) is 2.58. The summed E-state index contributed by atoms with van der Waals surface area (Å²) in [5.41, 5.74) is 1.25. The van der Waals surface area contributed by atoms with Crippen LogP contribution in [0.2, 0.25) is 0 Å². The molecule has 0 saturated carbocycles. The molecule has 2 N–H and O–H groups in total. The molecule has 2 aromatic rings. The number of unbranched alkanes of at least 4 members (excludes halogenated alkanes) is 3. The molecule has 0 saturated heterocycles. The van der Waals surface area contributed by atoms with Crippen LogP contribution >= 0.6 is 0 Å². The van der Waals surface area contributed by atoms with Crippen molar-refractivity contribution in [3.63, 3.8) is 0 Å². The minimum absolute atomic E-state index is 0.0112. The summed E-state index contributed by atoms with van der Waals surface area (Å²) in [7, 11) is 0. The molecule has 0 fully saturated rings. The molecule has 96 valence electrons. The second-order valence-electron chi connectivity index (χ2n) is 4.76. The van der Waals surface area contributed by atoms with Crippen molar-refractivity contribution in [3.8, 4) is 11.5 Å². The highest BCUT2D eigenvalue weighted by Crippen LogP contribution is 2.35. The van der Waals surface area contributed by atoms with E-state index in [2.05, 4.69) is 13.0 Å². The number of hydrogen-bond acceptors (Lipinski definition) is 2. The normalized spacial score (nSPS) is 10.9. The van der Waals surface area contributed by atoms with Gasteiger partial charge in [0.25, 0.3) is 0 Å². The SMILES string of the molecule is CCCCCCc1cccc2c(O)c(O)ccc12. The molecule has 2 aromatic carbocycles. The van der Waals surface area contributed by atoms with E-state index in [4.69, 9.17) is 0 Å². The highest BCUT2D eigenvalue weighted by atomic mass is 16.3. The zero-order valence-electron chi connectivity index (χ0n) is 10.8. The van der Waals surface area contributed by atoms with E-state index in [1.54, 1.807) is 6.07 Å². The molecule has 0 radical (unpaired) electrons. The lowest BCUT2D eigenvalue weighted by Gasteiger charge is -2.08. The summed E-state index contributed by atoms with van der Waals surface area (Å²) in [6.07, 6.45) is 5.97. The van der Waals surface area contributed by atoms with Crippen LogP contribution in [0.4, 0.5) is 0 Å². The average Bonchev–Trinajstić information content (AvgIpc) is 2.39. The van der Waals surface area contributed by atoms with Gasteiger partial charge in [-0.1, -0.05) is 50.5 Å². The lowest BCUT2D eigenvalue weighted by atomic mass is 9.98. The minimum Gasteiger partial charge on any atom is -0.504 e. The van der Waals surface area contributed by atoms with Crippen LogP contribution in [-0.4, -0.2) is 10.2 Å². The fraction of sp³-hybridized carbons (Fsp3) is 0.375. The number of hydrogen-bond donors (Lipinski definition) is 2. The fourth-order valence-electron chi connectivity index (χ4n) is 2.36. The van der Waals surface area contributed by atoms with Crippen molar-refractivity contribution in [2.45, 2.75) is 39.0 Å². The number of phenols is 2. The van der Waals surface area contributed by atoms with Crippen LogP contribution in [-0.2, 0) is 6.42 Å². The highest BCUT2D eigenvalue weighted by Gasteiger charge is 2.07. The van der Waals surface area contributed by atoms with Crippen molar-refractivity contribution in [2.24, 2.45) is 0 Å².